The monoisotopic (exact) mass is 528 g/mol. The zero-order valence-corrected chi connectivity index (χ0v) is 18.7. The standard InChI is InChI=1S/3C3H4N2.2CH3.4ClH.H2OS.Ru/c3*1-2-5-3-4-1;;;;;;;1-2;/h3*1-3H,(H,4,5);2*1H3;4*1H;2H2;/q;;;;;;;;;;+2/p-2. The van der Waals surface area contributed by atoms with Crippen LogP contribution in [0.1, 0.15) is 0 Å². The van der Waals surface area contributed by atoms with Gasteiger partial charge in [0.2, 0.25) is 12.7 Å². The van der Waals surface area contributed by atoms with Crippen LogP contribution in [-0.4, -0.2) is 24.1 Å². The molecule has 0 aromatic carbocycles. The van der Waals surface area contributed by atoms with E-state index in [1.165, 1.54) is 11.0 Å². The van der Waals surface area contributed by atoms with Gasteiger partial charge in [-0.15, -0.1) is 0 Å². The number of H-pyrrole nitrogens is 5. The van der Waals surface area contributed by atoms with Crippen LogP contribution >= 0.6 is 38.8 Å². The summed E-state index contributed by atoms with van der Waals surface area (Å²) < 4.78 is 8.06. The zero-order chi connectivity index (χ0) is 19.0. The molecule has 0 spiro atoms. The molecule has 144 valence electrons. The van der Waals surface area contributed by atoms with Gasteiger partial charge in [0.25, 0.3) is 0 Å². The maximum absolute atomic E-state index is 8.06. The summed E-state index contributed by atoms with van der Waals surface area (Å²) in [5, 5.41) is 0. The van der Waals surface area contributed by atoms with Crippen LogP contribution < -0.4 is 9.97 Å². The van der Waals surface area contributed by atoms with Gasteiger partial charge in [0.15, 0.2) is 0 Å². The van der Waals surface area contributed by atoms with Gasteiger partial charge in [0.1, 0.15) is 24.8 Å². The van der Waals surface area contributed by atoms with Crippen LogP contribution in [-0.2, 0) is 21.0 Å². The Kier molecular flexibility index (Phi) is 12.9. The third-order valence-electron chi connectivity index (χ3n) is 1.29. The molecule has 0 aliphatic rings. The second-order valence-corrected chi connectivity index (χ2v) is 39.6. The van der Waals surface area contributed by atoms with Crippen molar-refractivity contribution in [3.8, 4) is 0 Å². The summed E-state index contributed by atoms with van der Waals surface area (Å²) in [4.78, 5) is 17.6. The van der Waals surface area contributed by atoms with Crippen LogP contribution in [0.4, 0.5) is 0 Å². The molecule has 5 N–H and O–H groups in total. The molecule has 0 saturated carbocycles. The molecule has 0 radical (unpaired) electrons. The molecule has 3 aromatic rings. The van der Waals surface area contributed by atoms with Crippen molar-refractivity contribution in [1.29, 1.82) is 0 Å². The van der Waals surface area contributed by atoms with Gasteiger partial charge in [-0.25, -0.2) is 4.98 Å². The van der Waals surface area contributed by atoms with Gasteiger partial charge in [-0.05, 0) is 12.5 Å². The molecule has 0 bridgehead atoms. The Bertz CT molecular complexity index is 446. The van der Waals surface area contributed by atoms with Crippen molar-refractivity contribution >= 4 is 51.3 Å². The Balaban J connectivity index is 0. The molecule has 3 rings (SSSR count). The maximum atomic E-state index is 8.06. The van der Waals surface area contributed by atoms with Crippen molar-refractivity contribution in [1.82, 2.24) is 19.9 Å². The van der Waals surface area contributed by atoms with E-state index in [-0.39, 0.29) is 0 Å². The van der Waals surface area contributed by atoms with Crippen molar-refractivity contribution in [2.45, 2.75) is 11.0 Å². The molecule has 24 heavy (non-hydrogen) atoms. The quantitative estimate of drug-likeness (QED) is 0.390. The Labute approximate surface area is 160 Å². The number of rotatable bonds is 0. The Hall–Kier alpha value is -0.437. The summed E-state index contributed by atoms with van der Waals surface area (Å²) in [7, 11) is 17.9. The van der Waals surface area contributed by atoms with E-state index in [1.807, 2.05) is 24.8 Å². The van der Waals surface area contributed by atoms with Crippen molar-refractivity contribution < 1.29 is 22.6 Å². The number of nitrogens with zero attached hydrogens (tertiary/aromatic N) is 1. The van der Waals surface area contributed by atoms with Gasteiger partial charge in [-0.2, -0.15) is 0 Å². The van der Waals surface area contributed by atoms with E-state index in [0.29, 0.717) is 0 Å². The Morgan fingerprint density at radius 2 is 1.29 bits per heavy atom. The number of aromatic amines is 5. The minimum absolute atomic E-state index is 1.47. The molecule has 0 amide bonds. The normalized spacial score (nSPS) is 12.0. The van der Waals surface area contributed by atoms with Gasteiger partial charge < -0.3 is 4.98 Å². The zero-order valence-electron chi connectivity index (χ0n) is 12.9. The van der Waals surface area contributed by atoms with Crippen LogP contribution in [0.25, 0.3) is 0 Å². The Morgan fingerprint density at radius 3 is 1.38 bits per heavy atom. The van der Waals surface area contributed by atoms with Gasteiger partial charge in [-0.3, -0.25) is 24.1 Å². The number of hydrogen-bond acceptors (Lipinski definition) is 2. The van der Waals surface area contributed by atoms with Crippen molar-refractivity contribution in [2.24, 2.45) is 0 Å². The first-order chi connectivity index (χ1) is 10.9. The number of nitrogens with one attached hydrogen (secondary N) is 5. The van der Waals surface area contributed by atoms with Crippen LogP contribution in [0.15, 0.2) is 56.2 Å². The summed E-state index contributed by atoms with van der Waals surface area (Å²) in [6, 6.07) is 0. The average Bonchev–Trinajstić information content (AvgIpc) is 3.22. The molecule has 13 heteroatoms. The first-order valence-corrected chi connectivity index (χ1v) is 18.7. The number of aromatic nitrogens is 6. The minimum Gasteiger partial charge on any atom is -0.351 e. The fraction of sp³-hybridized carbons (Fsp3) is 0.182. The molecule has 3 heterocycles. The molecule has 0 aliphatic heterocycles. The van der Waals surface area contributed by atoms with Gasteiger partial charge in [0.05, 0.1) is 6.33 Å². The van der Waals surface area contributed by atoms with Crippen molar-refractivity contribution in [3.63, 3.8) is 0 Å². The summed E-state index contributed by atoms with van der Waals surface area (Å²) in [5.74, 6) is 0. The van der Waals surface area contributed by atoms with Crippen LogP contribution in [0.2, 0.25) is 11.0 Å². The first-order valence-electron chi connectivity index (χ1n) is 5.85. The number of hydrogen-bond donors (Lipinski definition) is 3. The fourth-order valence-corrected chi connectivity index (χ4v) is 0.696. The second-order valence-electron chi connectivity index (χ2n) is 4.11. The molecule has 0 atom stereocenters. The van der Waals surface area contributed by atoms with Crippen molar-refractivity contribution in [2.75, 3.05) is 0 Å². The summed E-state index contributed by atoms with van der Waals surface area (Å²) in [6.07, 6.45) is 15.9. The summed E-state index contributed by atoms with van der Waals surface area (Å²) >= 11 is 1.72. The SMILES string of the molecule is O=[SH2].[CH3][Ru-2]([CH3])([Cl])([Cl])([Cl])[Cl].c1c[nH+]c[nH]1.c1c[nH+]c[nH]1.c1c[nH]cn1. The van der Waals surface area contributed by atoms with E-state index in [0.717, 1.165) is 0 Å². The minimum atomic E-state index is -4.16. The van der Waals surface area contributed by atoms with E-state index < -0.39 is 8.46 Å². The van der Waals surface area contributed by atoms with E-state index in [9.17, 15) is 0 Å². The van der Waals surface area contributed by atoms with E-state index in [1.54, 1.807) is 43.9 Å². The fourth-order valence-electron chi connectivity index (χ4n) is 0.696. The van der Waals surface area contributed by atoms with Crippen LogP contribution in [0.3, 0.4) is 0 Å². The van der Waals surface area contributed by atoms with Gasteiger partial charge >= 0.3 is 58.3 Å². The topological polar surface area (TPSA) is 106 Å². The number of imidazole rings is 3. The van der Waals surface area contributed by atoms with E-state index in [2.05, 4.69) is 29.9 Å². The molecular formula is C11H22Cl4N6ORuS. The largest absolute Gasteiger partial charge is 0.351 e. The van der Waals surface area contributed by atoms with Crippen molar-refractivity contribution in [3.05, 3.63) is 56.2 Å². The second kappa shape index (κ2) is 12.0. The van der Waals surface area contributed by atoms with E-state index >= 15 is 0 Å². The molecule has 0 fully saturated rings. The smallest absolute Gasteiger partial charge is 0.239 e. The number of halogens is 4. The molecule has 3 aromatic heterocycles. The average molecular weight is 529 g/mol. The molecule has 0 saturated heterocycles. The third kappa shape index (κ3) is 43.0. The third-order valence-corrected chi connectivity index (χ3v) is 1.29. The predicted molar refractivity (Wildman–Crippen MR) is 99.4 cm³/mol. The van der Waals surface area contributed by atoms with Crippen LogP contribution in [0.5, 0.6) is 0 Å². The first kappa shape index (κ1) is 25.8. The van der Waals surface area contributed by atoms with Gasteiger partial charge in [0, 0.05) is 12.4 Å². The van der Waals surface area contributed by atoms with E-state index in [4.69, 9.17) is 43.0 Å². The van der Waals surface area contributed by atoms with Gasteiger partial charge in [-0.1, -0.05) is 0 Å². The predicted octanol–water partition coefficient (Wildman–Crippen LogP) is 3.12. The summed E-state index contributed by atoms with van der Waals surface area (Å²) in [6.45, 7) is 0. The Morgan fingerprint density at radius 1 is 0.875 bits per heavy atom. The maximum Gasteiger partial charge on any atom is 0.239 e. The van der Waals surface area contributed by atoms with Crippen LogP contribution in [0, 0.1) is 0 Å². The molecule has 0 unspecified atom stereocenters. The molecule has 7 nitrogen and oxygen atoms in total. The summed E-state index contributed by atoms with van der Waals surface area (Å²) in [5.41, 5.74) is 2.93. The molecular weight excluding hydrogens is 507 g/mol. The molecule has 0 aliphatic carbocycles.